The predicted molar refractivity (Wildman–Crippen MR) is 157 cm³/mol. The van der Waals surface area contributed by atoms with Crippen molar-refractivity contribution in [3.63, 3.8) is 0 Å². The van der Waals surface area contributed by atoms with Crippen LogP contribution >= 0.6 is 48.6 Å². The molecule has 36 heavy (non-hydrogen) atoms. The highest BCUT2D eigenvalue weighted by molar-refractivity contribution is 7.22. The van der Waals surface area contributed by atoms with Crippen molar-refractivity contribution in [3.8, 4) is 10.6 Å². The molecule has 1 atom stereocenters. The van der Waals surface area contributed by atoms with Crippen LogP contribution in [0, 0.1) is 0 Å². The first-order valence-corrected chi connectivity index (χ1v) is 12.7. The smallest absolute Gasteiger partial charge is 0.252 e. The fourth-order valence-electron chi connectivity index (χ4n) is 4.45. The average Bonchev–Trinajstić information content (AvgIpc) is 3.51. The Hall–Kier alpha value is -1.68. The molecule has 198 valence electrons. The van der Waals surface area contributed by atoms with Crippen LogP contribution in [0.5, 0.6) is 0 Å². The number of piperazine rings is 1. The second-order valence-corrected chi connectivity index (χ2v) is 10.4. The van der Waals surface area contributed by atoms with Gasteiger partial charge in [0.25, 0.3) is 5.91 Å². The van der Waals surface area contributed by atoms with Crippen LogP contribution in [-0.2, 0) is 0 Å². The molecule has 7 nitrogen and oxygen atoms in total. The molecule has 5 rings (SSSR count). The molecule has 1 saturated heterocycles. The van der Waals surface area contributed by atoms with Gasteiger partial charge in [-0.2, -0.15) is 0 Å². The number of nitrogens with one attached hydrogen (secondary N) is 2. The number of nitrogens with zero attached hydrogens (tertiary/aromatic N) is 4. The summed E-state index contributed by atoms with van der Waals surface area (Å²) in [5, 5.41) is 7.48. The quantitative estimate of drug-likeness (QED) is 0.372. The average molecular weight is 574 g/mol. The first kappa shape index (κ1) is 30.5. The second-order valence-electron chi connectivity index (χ2n) is 9.27. The summed E-state index contributed by atoms with van der Waals surface area (Å²) < 4.78 is 1.10. The van der Waals surface area contributed by atoms with Gasteiger partial charge in [-0.1, -0.05) is 6.07 Å². The number of rotatable bonds is 8. The third kappa shape index (κ3) is 7.43. The maximum Gasteiger partial charge on any atom is 0.252 e. The molecule has 0 spiro atoms. The number of likely N-dealkylation sites (N-methyl/N-ethyl adjacent to an activating group) is 1. The van der Waals surface area contributed by atoms with Crippen LogP contribution in [0.4, 0.5) is 5.95 Å². The number of aromatic nitrogens is 2. The zero-order valence-electron chi connectivity index (χ0n) is 20.6. The van der Waals surface area contributed by atoms with E-state index in [2.05, 4.69) is 51.5 Å². The highest BCUT2D eigenvalue weighted by Gasteiger charge is 2.25. The highest BCUT2D eigenvalue weighted by Crippen LogP contribution is 2.35. The van der Waals surface area contributed by atoms with Crippen LogP contribution in [0.15, 0.2) is 36.5 Å². The van der Waals surface area contributed by atoms with Crippen molar-refractivity contribution < 1.29 is 4.79 Å². The summed E-state index contributed by atoms with van der Waals surface area (Å²) in [4.78, 5) is 27.8. The van der Waals surface area contributed by atoms with E-state index in [4.69, 9.17) is 4.98 Å². The van der Waals surface area contributed by atoms with Gasteiger partial charge in [-0.05, 0) is 57.5 Å². The molecule has 3 aromatic rings. The standard InChI is InChI=1S/C25H32N6OS.3ClH/c1-17-16-30(2)13-14-31(17)12-4-10-26-25-27-11-9-21(29-25)23-15-20-19(5-3-6-22(20)33-23)24(32)28-18-7-8-18;;;/h3,5-6,9,11,15,17-18H,4,7-8,10,12-14,16H2,1-2H3,(H,28,32)(H,26,27,29);3*1H/t17-;;;/m1.../s1. The number of carbonyl (C=O) groups excluding carboxylic acids is 1. The van der Waals surface area contributed by atoms with Crippen molar-refractivity contribution in [1.29, 1.82) is 0 Å². The second kappa shape index (κ2) is 13.7. The lowest BCUT2D eigenvalue weighted by Crippen LogP contribution is -2.50. The summed E-state index contributed by atoms with van der Waals surface area (Å²) in [6.45, 7) is 7.65. The van der Waals surface area contributed by atoms with E-state index in [1.807, 2.05) is 18.2 Å². The highest BCUT2D eigenvalue weighted by atomic mass is 35.5. The predicted octanol–water partition coefficient (Wildman–Crippen LogP) is 4.95. The molecule has 1 amide bonds. The maximum atomic E-state index is 12.7. The minimum absolute atomic E-state index is 0. The van der Waals surface area contributed by atoms with Gasteiger partial charge in [0.05, 0.1) is 10.6 Å². The molecule has 0 radical (unpaired) electrons. The zero-order chi connectivity index (χ0) is 22.8. The number of thiophene rings is 1. The molecule has 1 aliphatic carbocycles. The molecule has 1 saturated carbocycles. The summed E-state index contributed by atoms with van der Waals surface area (Å²) in [6, 6.07) is 10.9. The Balaban J connectivity index is 0.00000152. The maximum absolute atomic E-state index is 12.7. The van der Waals surface area contributed by atoms with Gasteiger partial charge in [0.1, 0.15) is 0 Å². The lowest BCUT2D eigenvalue weighted by Gasteiger charge is -2.38. The van der Waals surface area contributed by atoms with Gasteiger partial charge in [-0.15, -0.1) is 48.6 Å². The Morgan fingerprint density at radius 3 is 2.72 bits per heavy atom. The van der Waals surface area contributed by atoms with E-state index in [9.17, 15) is 4.79 Å². The van der Waals surface area contributed by atoms with Gasteiger partial charge >= 0.3 is 0 Å². The molecule has 0 unspecified atom stereocenters. The lowest BCUT2D eigenvalue weighted by molar-refractivity contribution is 0.0952. The minimum Gasteiger partial charge on any atom is -0.354 e. The monoisotopic (exact) mass is 572 g/mol. The van der Waals surface area contributed by atoms with E-state index in [1.165, 1.54) is 0 Å². The van der Waals surface area contributed by atoms with E-state index >= 15 is 0 Å². The van der Waals surface area contributed by atoms with Crippen molar-refractivity contribution in [2.24, 2.45) is 0 Å². The largest absolute Gasteiger partial charge is 0.354 e. The normalized spacial score (nSPS) is 18.0. The van der Waals surface area contributed by atoms with E-state index < -0.39 is 0 Å². The molecule has 2 aliphatic rings. The lowest BCUT2D eigenvalue weighted by atomic mass is 10.1. The number of hydrogen-bond acceptors (Lipinski definition) is 7. The molecule has 2 aromatic heterocycles. The minimum atomic E-state index is 0. The summed E-state index contributed by atoms with van der Waals surface area (Å²) >= 11 is 1.66. The Kier molecular flexibility index (Phi) is 11.7. The SMILES string of the molecule is C[C@@H]1CN(C)CCN1CCCNc1nccc(-c2cc3c(C(=O)NC4CC4)cccc3s2)n1.Cl.Cl.Cl. The molecule has 1 aromatic carbocycles. The number of hydrogen-bond donors (Lipinski definition) is 2. The van der Waals surface area contributed by atoms with Crippen LogP contribution in [0.3, 0.4) is 0 Å². The Labute approximate surface area is 235 Å². The zero-order valence-corrected chi connectivity index (χ0v) is 23.9. The van der Waals surface area contributed by atoms with Crippen molar-refractivity contribution in [2.75, 3.05) is 45.1 Å². The van der Waals surface area contributed by atoms with Crippen molar-refractivity contribution >= 4 is 70.5 Å². The fraction of sp³-hybridized carbons (Fsp3) is 0.480. The molecule has 1 aliphatic heterocycles. The first-order chi connectivity index (χ1) is 16.1. The van der Waals surface area contributed by atoms with Crippen molar-refractivity contribution in [1.82, 2.24) is 25.1 Å². The summed E-state index contributed by atoms with van der Waals surface area (Å²) in [5.74, 6) is 0.676. The van der Waals surface area contributed by atoms with Gasteiger partial charge in [0.2, 0.25) is 5.95 Å². The van der Waals surface area contributed by atoms with Crippen LogP contribution in [0.2, 0.25) is 0 Å². The number of carbonyl (C=O) groups is 1. The van der Waals surface area contributed by atoms with Gasteiger partial charge in [0.15, 0.2) is 0 Å². The summed E-state index contributed by atoms with van der Waals surface area (Å²) in [5.41, 5.74) is 1.63. The van der Waals surface area contributed by atoms with E-state index in [0.717, 1.165) is 78.2 Å². The van der Waals surface area contributed by atoms with Gasteiger partial charge in [0, 0.05) is 66.7 Å². The van der Waals surface area contributed by atoms with Gasteiger partial charge in [-0.3, -0.25) is 9.69 Å². The fourth-order valence-corrected chi connectivity index (χ4v) is 5.51. The number of amides is 1. The Morgan fingerprint density at radius 1 is 1.17 bits per heavy atom. The third-order valence-electron chi connectivity index (χ3n) is 6.50. The Bertz CT molecular complexity index is 1140. The molecule has 3 heterocycles. The van der Waals surface area contributed by atoms with Crippen LogP contribution in [0.25, 0.3) is 20.7 Å². The van der Waals surface area contributed by atoms with E-state index in [1.54, 1.807) is 17.5 Å². The molecule has 2 N–H and O–H groups in total. The van der Waals surface area contributed by atoms with Crippen molar-refractivity contribution in [2.45, 2.75) is 38.3 Å². The van der Waals surface area contributed by atoms with Crippen LogP contribution in [0.1, 0.15) is 36.5 Å². The molecular formula is C25H35Cl3N6OS. The van der Waals surface area contributed by atoms with Gasteiger partial charge < -0.3 is 15.5 Å². The van der Waals surface area contributed by atoms with Crippen LogP contribution in [-0.4, -0.2) is 77.5 Å². The Morgan fingerprint density at radius 2 is 1.97 bits per heavy atom. The molecular weight excluding hydrogens is 539 g/mol. The number of benzene rings is 1. The molecule has 11 heteroatoms. The number of halogens is 3. The number of anilines is 1. The van der Waals surface area contributed by atoms with E-state index in [0.29, 0.717) is 18.0 Å². The van der Waals surface area contributed by atoms with Crippen LogP contribution < -0.4 is 10.6 Å². The number of fused-ring (bicyclic) bond motifs is 1. The van der Waals surface area contributed by atoms with Crippen molar-refractivity contribution in [3.05, 3.63) is 42.1 Å². The topological polar surface area (TPSA) is 73.4 Å². The van der Waals surface area contributed by atoms with Gasteiger partial charge in [-0.25, -0.2) is 9.97 Å². The molecule has 2 fully saturated rings. The summed E-state index contributed by atoms with van der Waals surface area (Å²) in [7, 11) is 2.19. The first-order valence-electron chi connectivity index (χ1n) is 11.9. The van der Waals surface area contributed by atoms with E-state index in [-0.39, 0.29) is 43.1 Å². The third-order valence-corrected chi connectivity index (χ3v) is 7.62. The summed E-state index contributed by atoms with van der Waals surface area (Å²) in [6.07, 6.45) is 5.03. The molecule has 0 bridgehead atoms.